The first kappa shape index (κ1) is 30.9. The summed E-state index contributed by atoms with van der Waals surface area (Å²) in [6.45, 7) is -0.190. The third-order valence-corrected chi connectivity index (χ3v) is 7.32. The molecule has 2 N–H and O–H groups in total. The molecule has 2 amide bonds. The lowest BCUT2D eigenvalue weighted by molar-refractivity contribution is -0.122. The van der Waals surface area contributed by atoms with Crippen LogP contribution in [-0.4, -0.2) is 54.0 Å². The predicted octanol–water partition coefficient (Wildman–Crippen LogP) is 5.67. The molecule has 0 radical (unpaired) electrons. The molecule has 0 spiro atoms. The quantitative estimate of drug-likeness (QED) is 0.123. The van der Waals surface area contributed by atoms with Gasteiger partial charge < -0.3 is 29.1 Å². The van der Waals surface area contributed by atoms with Gasteiger partial charge in [-0.3, -0.25) is 14.5 Å². The molecule has 4 aromatic rings. The molecule has 1 aromatic heterocycles. The normalized spacial score (nSPS) is 14.8. The molecule has 11 nitrogen and oxygen atoms in total. The van der Waals surface area contributed by atoms with Crippen molar-refractivity contribution < 1.29 is 37.7 Å². The van der Waals surface area contributed by atoms with E-state index in [9.17, 15) is 19.1 Å². The van der Waals surface area contributed by atoms with E-state index in [-0.39, 0.29) is 36.3 Å². The molecular weight excluding hydrogens is 603 g/mol. The fraction of sp³-hybridized carbons (Fsp3) is 0.125. The zero-order chi connectivity index (χ0) is 31.8. The number of phenolic OH excluding ortho intramolecular Hbond substituents is 1. The van der Waals surface area contributed by atoms with E-state index in [1.807, 2.05) is 0 Å². The molecule has 0 bridgehead atoms. The van der Waals surface area contributed by atoms with Gasteiger partial charge in [-0.1, -0.05) is 18.2 Å². The Morgan fingerprint density at radius 3 is 2.47 bits per heavy atom. The molecule has 1 aliphatic rings. The number of amidine groups is 1. The van der Waals surface area contributed by atoms with Crippen molar-refractivity contribution in [3.63, 3.8) is 0 Å². The molecule has 0 atom stereocenters. The number of halogens is 1. The van der Waals surface area contributed by atoms with E-state index in [2.05, 4.69) is 15.5 Å². The van der Waals surface area contributed by atoms with Crippen molar-refractivity contribution in [1.29, 1.82) is 0 Å². The zero-order valence-electron chi connectivity index (χ0n) is 24.1. The van der Waals surface area contributed by atoms with Gasteiger partial charge in [-0.2, -0.15) is 5.10 Å². The number of methoxy groups -OCH3 is 2. The van der Waals surface area contributed by atoms with E-state index in [1.54, 1.807) is 54.6 Å². The van der Waals surface area contributed by atoms with Gasteiger partial charge in [-0.25, -0.2) is 4.39 Å². The van der Waals surface area contributed by atoms with Crippen LogP contribution in [0.3, 0.4) is 0 Å². The second-order valence-corrected chi connectivity index (χ2v) is 10.4. The number of furan rings is 1. The SMILES string of the molecule is COc1cc(/C=N\N=C2\S/C(=C\c3ccccc3OCC(=O)Nc3ccc(F)cc3)C(=O)N2Cc2ccco2)cc(OC)c1O. The minimum absolute atomic E-state index is 0.118. The van der Waals surface area contributed by atoms with Crippen LogP contribution < -0.4 is 19.5 Å². The topological polar surface area (TPSA) is 135 Å². The number of aromatic hydroxyl groups is 1. The van der Waals surface area contributed by atoms with Crippen LogP contribution in [0.25, 0.3) is 6.08 Å². The lowest BCUT2D eigenvalue weighted by Crippen LogP contribution is -2.28. The molecule has 0 saturated carbocycles. The number of benzene rings is 3. The second kappa shape index (κ2) is 14.3. The summed E-state index contributed by atoms with van der Waals surface area (Å²) in [5.74, 6) is 0.0113. The average Bonchev–Trinajstić information content (AvgIpc) is 3.66. The zero-order valence-corrected chi connectivity index (χ0v) is 24.9. The number of phenols is 1. The number of nitrogens with one attached hydrogen (secondary N) is 1. The highest BCUT2D eigenvalue weighted by atomic mass is 32.2. The van der Waals surface area contributed by atoms with Crippen LogP contribution in [0.15, 0.2) is 98.6 Å². The van der Waals surface area contributed by atoms with Gasteiger partial charge in [0.15, 0.2) is 23.3 Å². The summed E-state index contributed by atoms with van der Waals surface area (Å²) in [5.41, 5.74) is 1.54. The number of para-hydroxylation sites is 1. The summed E-state index contributed by atoms with van der Waals surface area (Å²) < 4.78 is 34.8. The van der Waals surface area contributed by atoms with E-state index in [0.717, 1.165) is 11.8 Å². The molecule has 1 aliphatic heterocycles. The van der Waals surface area contributed by atoms with E-state index in [4.69, 9.17) is 18.6 Å². The van der Waals surface area contributed by atoms with Crippen molar-refractivity contribution >= 4 is 46.7 Å². The Hall–Kier alpha value is -5.56. The number of nitrogens with zero attached hydrogens (tertiary/aromatic N) is 3. The Labute approximate surface area is 261 Å². The number of hydrogen-bond donors (Lipinski definition) is 2. The molecule has 0 aliphatic carbocycles. The highest BCUT2D eigenvalue weighted by Crippen LogP contribution is 2.37. The number of hydrogen-bond acceptors (Lipinski definition) is 10. The van der Waals surface area contributed by atoms with Crippen molar-refractivity contribution in [2.45, 2.75) is 6.54 Å². The number of ether oxygens (including phenoxy) is 3. The molecule has 13 heteroatoms. The van der Waals surface area contributed by atoms with Crippen LogP contribution >= 0.6 is 11.8 Å². The minimum atomic E-state index is -0.434. The molecule has 2 heterocycles. The van der Waals surface area contributed by atoms with E-state index in [1.165, 1.54) is 55.9 Å². The minimum Gasteiger partial charge on any atom is -0.502 e. The van der Waals surface area contributed by atoms with Crippen LogP contribution in [0.4, 0.5) is 10.1 Å². The van der Waals surface area contributed by atoms with Gasteiger partial charge in [-0.15, -0.1) is 5.10 Å². The van der Waals surface area contributed by atoms with Gasteiger partial charge in [0, 0.05) is 16.8 Å². The first-order valence-electron chi connectivity index (χ1n) is 13.4. The summed E-state index contributed by atoms with van der Waals surface area (Å²) in [6, 6.07) is 19.0. The summed E-state index contributed by atoms with van der Waals surface area (Å²) in [6.07, 6.45) is 4.60. The average molecular weight is 631 g/mol. The molecule has 3 aromatic carbocycles. The number of carbonyl (C=O) groups excluding carboxylic acids is 2. The maximum absolute atomic E-state index is 13.6. The fourth-order valence-electron chi connectivity index (χ4n) is 4.16. The lowest BCUT2D eigenvalue weighted by atomic mass is 10.2. The van der Waals surface area contributed by atoms with Gasteiger partial charge in [0.25, 0.3) is 11.8 Å². The molecule has 1 fully saturated rings. The van der Waals surface area contributed by atoms with Crippen LogP contribution in [0, 0.1) is 5.82 Å². The first-order chi connectivity index (χ1) is 21.8. The van der Waals surface area contributed by atoms with Gasteiger partial charge in [0.2, 0.25) is 5.75 Å². The number of amides is 2. The Balaban J connectivity index is 1.36. The molecule has 1 saturated heterocycles. The summed E-state index contributed by atoms with van der Waals surface area (Å²) in [4.78, 5) is 27.8. The van der Waals surface area contributed by atoms with E-state index in [0.29, 0.717) is 38.4 Å². The fourth-order valence-corrected chi connectivity index (χ4v) is 5.09. The van der Waals surface area contributed by atoms with Crippen LogP contribution in [-0.2, 0) is 16.1 Å². The maximum atomic E-state index is 13.6. The number of carbonyl (C=O) groups is 2. The van der Waals surface area contributed by atoms with Crippen LogP contribution in [0.2, 0.25) is 0 Å². The van der Waals surface area contributed by atoms with Crippen molar-refractivity contribution in [1.82, 2.24) is 4.90 Å². The Kier molecular flexibility index (Phi) is 9.80. The largest absolute Gasteiger partial charge is 0.502 e. The Bertz CT molecular complexity index is 1750. The summed E-state index contributed by atoms with van der Waals surface area (Å²) in [5, 5.41) is 21.6. The monoisotopic (exact) mass is 630 g/mol. The van der Waals surface area contributed by atoms with Crippen molar-refractivity contribution in [3.05, 3.63) is 107 Å². The first-order valence-corrected chi connectivity index (χ1v) is 14.2. The lowest BCUT2D eigenvalue weighted by Gasteiger charge is -2.13. The smallest absolute Gasteiger partial charge is 0.267 e. The number of anilines is 1. The van der Waals surface area contributed by atoms with Gasteiger partial charge in [0.05, 0.1) is 38.1 Å². The predicted molar refractivity (Wildman–Crippen MR) is 168 cm³/mol. The second-order valence-electron chi connectivity index (χ2n) is 9.36. The van der Waals surface area contributed by atoms with Gasteiger partial charge in [-0.05, 0) is 72.4 Å². The third kappa shape index (κ3) is 7.70. The van der Waals surface area contributed by atoms with Crippen LogP contribution in [0.1, 0.15) is 16.9 Å². The van der Waals surface area contributed by atoms with Crippen molar-refractivity contribution in [3.8, 4) is 23.0 Å². The van der Waals surface area contributed by atoms with Gasteiger partial charge in [0.1, 0.15) is 17.3 Å². The molecule has 230 valence electrons. The van der Waals surface area contributed by atoms with E-state index >= 15 is 0 Å². The van der Waals surface area contributed by atoms with Gasteiger partial charge >= 0.3 is 0 Å². The third-order valence-electron chi connectivity index (χ3n) is 6.33. The Morgan fingerprint density at radius 1 is 1.04 bits per heavy atom. The summed E-state index contributed by atoms with van der Waals surface area (Å²) in [7, 11) is 2.84. The molecule has 45 heavy (non-hydrogen) atoms. The summed E-state index contributed by atoms with van der Waals surface area (Å²) >= 11 is 1.11. The number of rotatable bonds is 11. The molecule has 0 unspecified atom stereocenters. The Morgan fingerprint density at radius 2 is 1.78 bits per heavy atom. The van der Waals surface area contributed by atoms with Crippen molar-refractivity contribution in [2.24, 2.45) is 10.2 Å². The molecule has 5 rings (SSSR count). The highest BCUT2D eigenvalue weighted by molar-refractivity contribution is 8.18. The highest BCUT2D eigenvalue weighted by Gasteiger charge is 2.34. The van der Waals surface area contributed by atoms with Crippen molar-refractivity contribution in [2.75, 3.05) is 26.1 Å². The maximum Gasteiger partial charge on any atom is 0.267 e. The number of thioether (sulfide) groups is 1. The van der Waals surface area contributed by atoms with Crippen LogP contribution in [0.5, 0.6) is 23.0 Å². The standard InChI is InChI=1S/C32H27FN4O7S/c1-41-26-14-20(15-27(42-2)30(26)39)17-34-36-32-37(18-24-7-5-13-43-24)31(40)28(45-32)16-21-6-3-4-8-25(21)44-19-29(38)35-23-11-9-22(33)10-12-23/h3-17,39H,18-19H2,1-2H3,(H,35,38)/b28-16-,34-17-,36-32+. The molecular formula is C32H27FN4O7S. The van der Waals surface area contributed by atoms with E-state index < -0.39 is 11.7 Å².